The van der Waals surface area contributed by atoms with Crippen molar-refractivity contribution in [2.24, 2.45) is 0 Å². The third-order valence-electron chi connectivity index (χ3n) is 2.84. The zero-order valence-corrected chi connectivity index (χ0v) is 11.6. The average molecular weight is 293 g/mol. The van der Waals surface area contributed by atoms with E-state index < -0.39 is 4.92 Å². The van der Waals surface area contributed by atoms with E-state index in [4.69, 9.17) is 16.3 Å². The predicted molar refractivity (Wildman–Crippen MR) is 78.4 cm³/mol. The number of nitro groups is 1. The third kappa shape index (κ3) is 3.00. The normalized spacial score (nSPS) is 10.1. The molecule has 0 saturated heterocycles. The SMILES string of the molecule is COc1ccccc1CNc1c(Cl)cccc1[N+](=O)[O-]. The molecule has 0 spiro atoms. The Balaban J connectivity index is 2.25. The minimum absolute atomic E-state index is 0.0487. The van der Waals surface area contributed by atoms with Gasteiger partial charge in [-0.25, -0.2) is 0 Å². The van der Waals surface area contributed by atoms with Crippen molar-refractivity contribution in [2.75, 3.05) is 12.4 Å². The van der Waals surface area contributed by atoms with Crippen LogP contribution in [0.25, 0.3) is 0 Å². The van der Waals surface area contributed by atoms with Gasteiger partial charge in [0, 0.05) is 18.2 Å². The third-order valence-corrected chi connectivity index (χ3v) is 3.15. The number of ether oxygens (including phenoxy) is 1. The van der Waals surface area contributed by atoms with Gasteiger partial charge >= 0.3 is 0 Å². The molecule has 0 aliphatic carbocycles. The molecule has 20 heavy (non-hydrogen) atoms. The van der Waals surface area contributed by atoms with Gasteiger partial charge in [-0.05, 0) is 12.1 Å². The van der Waals surface area contributed by atoms with Gasteiger partial charge in [0.15, 0.2) is 0 Å². The Morgan fingerprint density at radius 2 is 2.00 bits per heavy atom. The summed E-state index contributed by atoms with van der Waals surface area (Å²) < 4.78 is 5.23. The van der Waals surface area contributed by atoms with Crippen molar-refractivity contribution in [3.05, 3.63) is 63.2 Å². The molecule has 0 atom stereocenters. The second kappa shape index (κ2) is 6.25. The van der Waals surface area contributed by atoms with E-state index in [1.165, 1.54) is 6.07 Å². The molecule has 0 aromatic heterocycles. The van der Waals surface area contributed by atoms with E-state index in [0.717, 1.165) is 11.3 Å². The summed E-state index contributed by atoms with van der Waals surface area (Å²) in [6.45, 7) is 0.384. The van der Waals surface area contributed by atoms with Gasteiger partial charge in [-0.1, -0.05) is 35.9 Å². The van der Waals surface area contributed by atoms with Gasteiger partial charge in [0.25, 0.3) is 5.69 Å². The summed E-state index contributed by atoms with van der Waals surface area (Å²) in [5.41, 5.74) is 1.15. The summed E-state index contributed by atoms with van der Waals surface area (Å²) in [6, 6.07) is 12.0. The molecule has 1 N–H and O–H groups in total. The highest BCUT2D eigenvalue weighted by molar-refractivity contribution is 6.33. The molecule has 5 nitrogen and oxygen atoms in total. The molecule has 6 heteroatoms. The van der Waals surface area contributed by atoms with Crippen molar-refractivity contribution >= 4 is 23.0 Å². The first-order chi connectivity index (χ1) is 9.63. The fraction of sp³-hybridized carbons (Fsp3) is 0.143. The molecule has 0 amide bonds. The number of para-hydroxylation sites is 2. The van der Waals surface area contributed by atoms with Crippen molar-refractivity contribution < 1.29 is 9.66 Å². The number of nitrogens with zero attached hydrogens (tertiary/aromatic N) is 1. The van der Waals surface area contributed by atoms with E-state index in [1.54, 1.807) is 19.2 Å². The molecule has 104 valence electrons. The number of nitrogens with one attached hydrogen (secondary N) is 1. The monoisotopic (exact) mass is 292 g/mol. The average Bonchev–Trinajstić information content (AvgIpc) is 2.46. The lowest BCUT2D eigenvalue weighted by Gasteiger charge is -2.11. The van der Waals surface area contributed by atoms with E-state index in [-0.39, 0.29) is 5.69 Å². The fourth-order valence-corrected chi connectivity index (χ4v) is 2.11. The molecular formula is C14H13ClN2O3. The Labute approximate surface area is 121 Å². The van der Waals surface area contributed by atoms with Gasteiger partial charge in [-0.15, -0.1) is 0 Å². The zero-order chi connectivity index (χ0) is 14.5. The molecular weight excluding hydrogens is 280 g/mol. The van der Waals surface area contributed by atoms with Crippen LogP contribution in [0, 0.1) is 10.1 Å². The van der Waals surface area contributed by atoms with Crippen LogP contribution < -0.4 is 10.1 Å². The first kappa shape index (κ1) is 14.1. The number of hydrogen-bond acceptors (Lipinski definition) is 4. The number of benzene rings is 2. The Morgan fingerprint density at radius 3 is 2.70 bits per heavy atom. The molecule has 0 aliphatic heterocycles. The Hall–Kier alpha value is -2.27. The van der Waals surface area contributed by atoms with Crippen molar-refractivity contribution in [1.29, 1.82) is 0 Å². The lowest BCUT2D eigenvalue weighted by atomic mass is 10.2. The first-order valence-corrected chi connectivity index (χ1v) is 6.30. The minimum Gasteiger partial charge on any atom is -0.496 e. The van der Waals surface area contributed by atoms with E-state index in [0.29, 0.717) is 17.3 Å². The van der Waals surface area contributed by atoms with Gasteiger partial charge in [-0.3, -0.25) is 10.1 Å². The molecule has 0 heterocycles. The summed E-state index contributed by atoms with van der Waals surface area (Å²) in [7, 11) is 1.58. The number of nitro benzene ring substituents is 1. The zero-order valence-electron chi connectivity index (χ0n) is 10.8. The number of methoxy groups -OCH3 is 1. The van der Waals surface area contributed by atoms with Crippen LogP contribution in [0.1, 0.15) is 5.56 Å². The maximum Gasteiger partial charge on any atom is 0.293 e. The largest absolute Gasteiger partial charge is 0.496 e. The first-order valence-electron chi connectivity index (χ1n) is 5.92. The maximum absolute atomic E-state index is 11.0. The van der Waals surface area contributed by atoms with Crippen LogP contribution >= 0.6 is 11.6 Å². The summed E-state index contributed by atoms with van der Waals surface area (Å²) in [5.74, 6) is 0.717. The molecule has 0 unspecified atom stereocenters. The van der Waals surface area contributed by atoms with E-state index >= 15 is 0 Å². The molecule has 0 aliphatic rings. The minimum atomic E-state index is -0.462. The highest BCUT2D eigenvalue weighted by atomic mass is 35.5. The van der Waals surface area contributed by atoms with Crippen molar-refractivity contribution in [3.63, 3.8) is 0 Å². The molecule has 2 aromatic carbocycles. The van der Waals surface area contributed by atoms with Crippen LogP contribution in [0.4, 0.5) is 11.4 Å². The van der Waals surface area contributed by atoms with Crippen LogP contribution in [0.3, 0.4) is 0 Å². The standard InChI is InChI=1S/C14H13ClN2O3/c1-20-13-8-3-2-5-10(13)9-16-14-11(15)6-4-7-12(14)17(18)19/h2-8,16H,9H2,1H3. The smallest absolute Gasteiger partial charge is 0.293 e. The lowest BCUT2D eigenvalue weighted by molar-refractivity contribution is -0.383. The second-order valence-electron chi connectivity index (χ2n) is 4.06. The van der Waals surface area contributed by atoms with Gasteiger partial charge in [0.1, 0.15) is 11.4 Å². The van der Waals surface area contributed by atoms with E-state index in [1.807, 2.05) is 24.3 Å². The highest BCUT2D eigenvalue weighted by Gasteiger charge is 2.16. The molecule has 0 radical (unpaired) electrons. The Bertz CT molecular complexity index is 632. The summed E-state index contributed by atoms with van der Waals surface area (Å²) in [6.07, 6.45) is 0. The van der Waals surface area contributed by atoms with Crippen LogP contribution in [0.15, 0.2) is 42.5 Å². The fourth-order valence-electron chi connectivity index (χ4n) is 1.87. The van der Waals surface area contributed by atoms with Crippen LogP contribution in [-0.2, 0) is 6.54 Å². The van der Waals surface area contributed by atoms with E-state index in [9.17, 15) is 10.1 Å². The second-order valence-corrected chi connectivity index (χ2v) is 4.46. The van der Waals surface area contributed by atoms with Gasteiger partial charge in [-0.2, -0.15) is 0 Å². The van der Waals surface area contributed by atoms with Crippen LogP contribution in [-0.4, -0.2) is 12.0 Å². The maximum atomic E-state index is 11.0. The predicted octanol–water partition coefficient (Wildman–Crippen LogP) is 3.87. The van der Waals surface area contributed by atoms with Crippen molar-refractivity contribution in [3.8, 4) is 5.75 Å². The molecule has 2 aromatic rings. The quantitative estimate of drug-likeness (QED) is 0.671. The number of anilines is 1. The summed E-state index contributed by atoms with van der Waals surface area (Å²) in [4.78, 5) is 10.5. The number of hydrogen-bond donors (Lipinski definition) is 1. The van der Waals surface area contributed by atoms with E-state index in [2.05, 4.69) is 5.32 Å². The number of halogens is 1. The summed E-state index contributed by atoms with van der Waals surface area (Å²) >= 11 is 6.02. The van der Waals surface area contributed by atoms with Gasteiger partial charge in [0.2, 0.25) is 0 Å². The molecule has 0 bridgehead atoms. The lowest BCUT2D eigenvalue weighted by Crippen LogP contribution is -2.04. The van der Waals surface area contributed by atoms with Crippen molar-refractivity contribution in [2.45, 2.75) is 6.54 Å². The molecule has 0 fully saturated rings. The van der Waals surface area contributed by atoms with Crippen LogP contribution in [0.2, 0.25) is 5.02 Å². The topological polar surface area (TPSA) is 64.4 Å². The Morgan fingerprint density at radius 1 is 1.25 bits per heavy atom. The van der Waals surface area contributed by atoms with Crippen LogP contribution in [0.5, 0.6) is 5.75 Å². The molecule has 2 rings (SSSR count). The summed E-state index contributed by atoms with van der Waals surface area (Å²) in [5, 5.41) is 14.3. The van der Waals surface area contributed by atoms with Gasteiger partial charge in [0.05, 0.1) is 17.1 Å². The Kier molecular flexibility index (Phi) is 4.42. The highest BCUT2D eigenvalue weighted by Crippen LogP contribution is 2.32. The molecule has 0 saturated carbocycles. The van der Waals surface area contributed by atoms with Crippen molar-refractivity contribution in [1.82, 2.24) is 0 Å². The van der Waals surface area contributed by atoms with Gasteiger partial charge < -0.3 is 10.1 Å². The number of rotatable bonds is 5.